The Hall–Kier alpha value is -2.63. The zero-order valence-corrected chi connectivity index (χ0v) is 9.53. The highest BCUT2D eigenvalue weighted by Gasteiger charge is 2.37. The van der Waals surface area contributed by atoms with E-state index >= 15 is 0 Å². The molecule has 0 saturated carbocycles. The lowest BCUT2D eigenvalue weighted by Crippen LogP contribution is -2.01. The molecule has 0 N–H and O–H groups in total. The Kier molecular flexibility index (Phi) is 1.56. The maximum absolute atomic E-state index is 12.1. The van der Waals surface area contributed by atoms with Crippen molar-refractivity contribution in [2.24, 2.45) is 0 Å². The molecule has 0 fully saturated rings. The van der Waals surface area contributed by atoms with Crippen LogP contribution in [-0.4, -0.2) is 19.6 Å². The molecule has 3 aromatic rings. The molecule has 2 aromatic heterocycles. The fraction of sp³-hybridized carbons (Fsp3) is 0.0833. The standard InChI is InChI=1S/C12H8N5O/c1-7-13-6-10-14-12-11(15-16(7)10)8-4-2-3-5-9(8)17(12)18/h2-6H,1H3/q+1. The monoisotopic (exact) mass is 238 g/mol. The summed E-state index contributed by atoms with van der Waals surface area (Å²) in [5, 5.41) is 4.46. The van der Waals surface area contributed by atoms with Gasteiger partial charge in [-0.2, -0.15) is 9.61 Å². The molecule has 1 aliphatic heterocycles. The van der Waals surface area contributed by atoms with Crippen molar-refractivity contribution in [1.29, 1.82) is 0 Å². The van der Waals surface area contributed by atoms with Crippen LogP contribution in [0.3, 0.4) is 0 Å². The number of para-hydroxylation sites is 1. The van der Waals surface area contributed by atoms with E-state index in [9.17, 15) is 4.91 Å². The number of nitrogens with zero attached hydrogens (tertiary/aromatic N) is 5. The van der Waals surface area contributed by atoms with Crippen LogP contribution >= 0.6 is 0 Å². The second kappa shape index (κ2) is 2.98. The zero-order chi connectivity index (χ0) is 12.3. The van der Waals surface area contributed by atoms with Gasteiger partial charge in [0, 0.05) is 4.76 Å². The Bertz CT molecular complexity index is 820. The Morgan fingerprint density at radius 2 is 2.11 bits per heavy atom. The van der Waals surface area contributed by atoms with Crippen molar-refractivity contribution in [2.75, 3.05) is 0 Å². The molecular weight excluding hydrogens is 230 g/mol. The molecule has 0 atom stereocenters. The summed E-state index contributed by atoms with van der Waals surface area (Å²) in [6.45, 7) is 1.85. The van der Waals surface area contributed by atoms with Crippen molar-refractivity contribution < 1.29 is 0 Å². The zero-order valence-electron chi connectivity index (χ0n) is 9.53. The molecule has 0 aliphatic carbocycles. The van der Waals surface area contributed by atoms with Crippen LogP contribution in [0.25, 0.3) is 16.9 Å². The van der Waals surface area contributed by atoms with Crippen LogP contribution in [0.1, 0.15) is 5.82 Å². The summed E-state index contributed by atoms with van der Waals surface area (Å²) in [6.07, 6.45) is 1.61. The molecule has 1 aliphatic rings. The lowest BCUT2D eigenvalue weighted by atomic mass is 10.2. The normalized spacial score (nSPS) is 12.8. The first kappa shape index (κ1) is 9.41. The molecule has 6 nitrogen and oxygen atoms in total. The lowest BCUT2D eigenvalue weighted by molar-refractivity contribution is 0.856. The van der Waals surface area contributed by atoms with Crippen molar-refractivity contribution in [1.82, 2.24) is 24.3 Å². The number of imidazole rings is 1. The van der Waals surface area contributed by atoms with Crippen LogP contribution in [0.4, 0.5) is 11.5 Å². The van der Waals surface area contributed by atoms with Crippen molar-refractivity contribution in [3.63, 3.8) is 0 Å². The largest absolute Gasteiger partial charge is 0.397 e. The van der Waals surface area contributed by atoms with E-state index in [-0.39, 0.29) is 0 Å². The quantitative estimate of drug-likeness (QED) is 0.439. The van der Waals surface area contributed by atoms with Crippen LogP contribution in [0.2, 0.25) is 0 Å². The summed E-state index contributed by atoms with van der Waals surface area (Å²) in [7, 11) is 0. The molecule has 0 spiro atoms. The van der Waals surface area contributed by atoms with E-state index in [1.54, 1.807) is 16.8 Å². The van der Waals surface area contributed by atoms with E-state index in [1.807, 2.05) is 25.1 Å². The molecule has 4 rings (SSSR count). The van der Waals surface area contributed by atoms with Crippen molar-refractivity contribution in [3.05, 3.63) is 41.2 Å². The molecule has 0 amide bonds. The van der Waals surface area contributed by atoms with E-state index in [4.69, 9.17) is 0 Å². The summed E-state index contributed by atoms with van der Waals surface area (Å²) in [5.41, 5.74) is 2.59. The average molecular weight is 238 g/mol. The minimum atomic E-state index is 0.337. The number of hydrogen-bond donors (Lipinski definition) is 0. The van der Waals surface area contributed by atoms with Crippen molar-refractivity contribution in [3.8, 4) is 11.3 Å². The molecule has 0 unspecified atom stereocenters. The van der Waals surface area contributed by atoms with Gasteiger partial charge >= 0.3 is 5.82 Å². The van der Waals surface area contributed by atoms with Crippen LogP contribution in [0, 0.1) is 11.8 Å². The second-order valence-corrected chi connectivity index (χ2v) is 4.17. The van der Waals surface area contributed by atoms with Crippen LogP contribution in [0.15, 0.2) is 30.5 Å². The van der Waals surface area contributed by atoms with Gasteiger partial charge in [0.15, 0.2) is 11.4 Å². The van der Waals surface area contributed by atoms with Gasteiger partial charge in [-0.15, -0.1) is 0 Å². The first-order valence-electron chi connectivity index (χ1n) is 5.55. The molecule has 1 aromatic carbocycles. The van der Waals surface area contributed by atoms with Gasteiger partial charge in [0.1, 0.15) is 12.0 Å². The van der Waals surface area contributed by atoms with Gasteiger partial charge < -0.3 is 0 Å². The third-order valence-electron chi connectivity index (χ3n) is 3.09. The highest BCUT2D eigenvalue weighted by molar-refractivity contribution is 5.87. The number of aromatic nitrogens is 4. The summed E-state index contributed by atoms with van der Waals surface area (Å²) in [6, 6.07) is 7.36. The van der Waals surface area contributed by atoms with Gasteiger partial charge in [-0.05, 0) is 24.0 Å². The highest BCUT2D eigenvalue weighted by atomic mass is 16.3. The number of benzene rings is 1. The van der Waals surface area contributed by atoms with Crippen molar-refractivity contribution >= 4 is 17.2 Å². The van der Waals surface area contributed by atoms with Gasteiger partial charge in [0.25, 0.3) is 5.65 Å². The second-order valence-electron chi connectivity index (χ2n) is 4.17. The predicted octanol–water partition coefficient (Wildman–Crippen LogP) is 2.01. The Morgan fingerprint density at radius 3 is 3.00 bits per heavy atom. The summed E-state index contributed by atoms with van der Waals surface area (Å²) in [5.74, 6) is 1.09. The molecule has 0 radical (unpaired) electrons. The van der Waals surface area contributed by atoms with E-state index in [2.05, 4.69) is 15.1 Å². The molecular formula is C12H8N5O+. The maximum atomic E-state index is 12.1. The average Bonchev–Trinajstić information content (AvgIpc) is 2.90. The van der Waals surface area contributed by atoms with E-state index < -0.39 is 0 Å². The number of nitroso groups, excluding NO2 is 1. The molecule has 6 heteroatoms. The summed E-state index contributed by atoms with van der Waals surface area (Å²) < 4.78 is 2.47. The number of rotatable bonds is 0. The molecule has 0 bridgehead atoms. The van der Waals surface area contributed by atoms with Gasteiger partial charge in [0.05, 0.1) is 5.56 Å². The Morgan fingerprint density at radius 1 is 1.28 bits per heavy atom. The van der Waals surface area contributed by atoms with Crippen LogP contribution in [-0.2, 0) is 0 Å². The first-order valence-corrected chi connectivity index (χ1v) is 5.55. The molecule has 3 heterocycles. The fourth-order valence-electron chi connectivity index (χ4n) is 2.21. The predicted molar refractivity (Wildman–Crippen MR) is 65.8 cm³/mol. The third-order valence-corrected chi connectivity index (χ3v) is 3.09. The molecule has 0 saturated heterocycles. The summed E-state index contributed by atoms with van der Waals surface area (Å²) >= 11 is 0. The van der Waals surface area contributed by atoms with E-state index in [0.717, 1.165) is 16.1 Å². The number of aryl methyl sites for hydroxylation is 1. The van der Waals surface area contributed by atoms with Gasteiger partial charge in [-0.1, -0.05) is 17.0 Å². The van der Waals surface area contributed by atoms with Crippen LogP contribution in [0.5, 0.6) is 0 Å². The Balaban J connectivity index is 2.15. The van der Waals surface area contributed by atoms with Gasteiger partial charge in [-0.25, -0.2) is 4.98 Å². The number of hydrogen-bond acceptors (Lipinski definition) is 4. The van der Waals surface area contributed by atoms with Gasteiger partial charge in [0.2, 0.25) is 0 Å². The maximum Gasteiger partial charge on any atom is 0.397 e. The smallest absolute Gasteiger partial charge is 0.235 e. The van der Waals surface area contributed by atoms with Crippen LogP contribution < -0.4 is 4.76 Å². The minimum Gasteiger partial charge on any atom is -0.235 e. The Labute approximate surface area is 101 Å². The lowest BCUT2D eigenvalue weighted by Gasteiger charge is -1.93. The minimum absolute atomic E-state index is 0.337. The fourth-order valence-corrected chi connectivity index (χ4v) is 2.21. The first-order chi connectivity index (χ1) is 8.75. The van der Waals surface area contributed by atoms with E-state index in [0.29, 0.717) is 22.8 Å². The highest BCUT2D eigenvalue weighted by Crippen LogP contribution is 2.41. The topological polar surface area (TPSA) is 63.2 Å². The molecule has 86 valence electrons. The number of fused-ring (bicyclic) bond motifs is 4. The van der Waals surface area contributed by atoms with Crippen molar-refractivity contribution in [2.45, 2.75) is 6.92 Å². The van der Waals surface area contributed by atoms with Gasteiger partial charge in [-0.3, -0.25) is 0 Å². The SMILES string of the molecule is Cc1ncc2nc3c(nn12)-c1ccccc1[N+]3=O. The van der Waals surface area contributed by atoms with E-state index in [1.165, 1.54) is 0 Å². The molecule has 18 heavy (non-hydrogen) atoms. The summed E-state index contributed by atoms with van der Waals surface area (Å²) in [4.78, 5) is 20.6. The third kappa shape index (κ3) is 0.994.